The van der Waals surface area contributed by atoms with Crippen molar-refractivity contribution in [3.63, 3.8) is 0 Å². The van der Waals surface area contributed by atoms with Crippen molar-refractivity contribution in [3.05, 3.63) is 52.6 Å². The van der Waals surface area contributed by atoms with Crippen molar-refractivity contribution in [2.75, 3.05) is 10.6 Å². The lowest BCUT2D eigenvalue weighted by Gasteiger charge is -2.31. The van der Waals surface area contributed by atoms with Gasteiger partial charge in [-0.3, -0.25) is 0 Å². The number of aliphatic imine (C=N–C) groups is 1. The van der Waals surface area contributed by atoms with E-state index in [1.165, 1.54) is 17.3 Å². The summed E-state index contributed by atoms with van der Waals surface area (Å²) in [6, 6.07) is 7.45. The highest BCUT2D eigenvalue weighted by Gasteiger charge is 2.26. The topological polar surface area (TPSA) is 67.6 Å². The Bertz CT molecular complexity index is 748. The predicted octanol–water partition coefficient (Wildman–Crippen LogP) is 3.34. The Morgan fingerprint density at radius 1 is 1.19 bits per heavy atom. The lowest BCUT2D eigenvalue weighted by Crippen LogP contribution is -2.36. The van der Waals surface area contributed by atoms with Gasteiger partial charge in [0.25, 0.3) is 0 Å². The van der Waals surface area contributed by atoms with Crippen LogP contribution in [0, 0.1) is 11.6 Å². The number of hydrogen-bond acceptors (Lipinski definition) is 4. The molecule has 0 bridgehead atoms. The second-order valence-electron chi connectivity index (χ2n) is 4.61. The molecule has 2 aromatic rings. The van der Waals surface area contributed by atoms with Gasteiger partial charge in [0.2, 0.25) is 0 Å². The number of hydrogen-bond donors (Lipinski definition) is 2. The van der Waals surface area contributed by atoms with Crippen molar-refractivity contribution in [3.8, 4) is 0 Å². The molecule has 21 heavy (non-hydrogen) atoms. The Morgan fingerprint density at radius 3 is 2.71 bits per heavy atom. The van der Waals surface area contributed by atoms with E-state index in [0.29, 0.717) is 16.9 Å². The molecule has 1 atom stereocenters. The normalized spacial score (nSPS) is 17.0. The smallest absolute Gasteiger partial charge is 0.168 e. The third-order valence-corrected chi connectivity index (χ3v) is 3.63. The molecule has 0 aliphatic carbocycles. The molecule has 3 rings (SSSR count). The van der Waals surface area contributed by atoms with Gasteiger partial charge in [0, 0.05) is 11.3 Å². The Morgan fingerprint density at radius 2 is 1.95 bits per heavy atom. The zero-order valence-corrected chi connectivity index (χ0v) is 11.5. The van der Waals surface area contributed by atoms with Gasteiger partial charge in [-0.25, -0.2) is 13.8 Å². The van der Waals surface area contributed by atoms with Crippen LogP contribution < -0.4 is 16.4 Å². The third kappa shape index (κ3) is 2.22. The van der Waals surface area contributed by atoms with Crippen LogP contribution in [0.2, 0.25) is 5.02 Å². The molecule has 1 aliphatic rings. The van der Waals surface area contributed by atoms with E-state index in [1.54, 1.807) is 18.2 Å². The predicted molar refractivity (Wildman–Crippen MR) is 79.8 cm³/mol. The molecule has 4 N–H and O–H groups in total. The van der Waals surface area contributed by atoms with Gasteiger partial charge in [-0.1, -0.05) is 11.6 Å². The van der Waals surface area contributed by atoms with Crippen LogP contribution in [0.4, 0.5) is 25.8 Å². The number of anilines is 2. The van der Waals surface area contributed by atoms with Gasteiger partial charge in [-0.2, -0.15) is 0 Å². The maximum Gasteiger partial charge on any atom is 0.168 e. The van der Waals surface area contributed by atoms with E-state index in [-0.39, 0.29) is 5.69 Å². The summed E-state index contributed by atoms with van der Waals surface area (Å²) in [5, 5.41) is -0.577. The molecule has 4 nitrogen and oxygen atoms in total. The Balaban J connectivity index is 2.08. The highest BCUT2D eigenvalue weighted by Crippen LogP contribution is 2.36. The van der Waals surface area contributed by atoms with E-state index in [1.807, 2.05) is 0 Å². The molecule has 0 saturated carbocycles. The van der Waals surface area contributed by atoms with Gasteiger partial charge in [0.1, 0.15) is 17.0 Å². The highest BCUT2D eigenvalue weighted by atomic mass is 35.5. The van der Waals surface area contributed by atoms with E-state index < -0.39 is 22.8 Å². The molecule has 0 spiro atoms. The van der Waals surface area contributed by atoms with Crippen molar-refractivity contribution in [2.45, 2.75) is 6.17 Å². The summed E-state index contributed by atoms with van der Waals surface area (Å²) in [7, 11) is 0. The Hall–Kier alpha value is -2.18. The molecule has 0 aromatic heterocycles. The first-order valence-corrected chi connectivity index (χ1v) is 6.48. The monoisotopic (exact) mass is 308 g/mol. The number of fused-ring (bicyclic) bond motifs is 1. The highest BCUT2D eigenvalue weighted by molar-refractivity contribution is 6.31. The summed E-state index contributed by atoms with van der Waals surface area (Å²) >= 11 is 5.59. The summed E-state index contributed by atoms with van der Waals surface area (Å²) in [5.74, 6) is -1.71. The average Bonchev–Trinajstić information content (AvgIpc) is 2.47. The number of halogens is 3. The van der Waals surface area contributed by atoms with Crippen molar-refractivity contribution < 1.29 is 8.78 Å². The van der Waals surface area contributed by atoms with Crippen LogP contribution in [-0.2, 0) is 0 Å². The standard InChI is InChI=1S/C14H11ClF2N4/c15-12-9(16)2-4-11(13(12)17)21-6-20-10-3-1-7(18)5-8(10)14(21)19/h1-6,14H,18-19H2. The van der Waals surface area contributed by atoms with Crippen LogP contribution in [0.1, 0.15) is 11.7 Å². The van der Waals surface area contributed by atoms with Crippen molar-refractivity contribution in [1.82, 2.24) is 0 Å². The second kappa shape index (κ2) is 4.98. The van der Waals surface area contributed by atoms with Gasteiger partial charge >= 0.3 is 0 Å². The molecule has 7 heteroatoms. The molecule has 1 aliphatic heterocycles. The van der Waals surface area contributed by atoms with E-state index in [2.05, 4.69) is 4.99 Å². The Kier molecular flexibility index (Phi) is 3.27. The SMILES string of the molecule is Nc1ccc2c(c1)C(N)N(c1ccc(F)c(Cl)c1F)C=N2. The largest absolute Gasteiger partial charge is 0.399 e. The van der Waals surface area contributed by atoms with Crippen LogP contribution in [0.15, 0.2) is 35.3 Å². The number of nitrogens with zero attached hydrogens (tertiary/aromatic N) is 2. The molecule has 0 radical (unpaired) electrons. The lowest BCUT2D eigenvalue weighted by atomic mass is 10.1. The zero-order chi connectivity index (χ0) is 15.1. The summed E-state index contributed by atoms with van der Waals surface area (Å²) < 4.78 is 27.4. The number of nitrogen functional groups attached to an aromatic ring is 1. The molecule has 0 amide bonds. The molecule has 108 valence electrons. The van der Waals surface area contributed by atoms with Gasteiger partial charge in [0.05, 0.1) is 17.7 Å². The molecular weight excluding hydrogens is 298 g/mol. The van der Waals surface area contributed by atoms with E-state index in [0.717, 1.165) is 6.07 Å². The van der Waals surface area contributed by atoms with E-state index in [4.69, 9.17) is 23.1 Å². The minimum absolute atomic E-state index is 0.0470. The van der Waals surface area contributed by atoms with Gasteiger partial charge in [-0.05, 0) is 30.3 Å². The molecule has 1 heterocycles. The van der Waals surface area contributed by atoms with Crippen LogP contribution in [0.25, 0.3) is 0 Å². The summed E-state index contributed by atoms with van der Waals surface area (Å²) in [4.78, 5) is 5.57. The fourth-order valence-electron chi connectivity index (χ4n) is 2.20. The first kappa shape index (κ1) is 13.8. The summed E-state index contributed by atoms with van der Waals surface area (Å²) in [6.45, 7) is 0. The molecule has 2 aromatic carbocycles. The van der Waals surface area contributed by atoms with Gasteiger partial charge in [0.15, 0.2) is 5.82 Å². The van der Waals surface area contributed by atoms with Crippen LogP contribution in [-0.4, -0.2) is 6.34 Å². The minimum Gasteiger partial charge on any atom is -0.399 e. The molecule has 1 unspecified atom stereocenters. The number of nitrogens with two attached hydrogens (primary N) is 2. The van der Waals surface area contributed by atoms with Gasteiger partial charge in [-0.15, -0.1) is 0 Å². The van der Waals surface area contributed by atoms with Crippen LogP contribution in [0.3, 0.4) is 0 Å². The van der Waals surface area contributed by atoms with Gasteiger partial charge < -0.3 is 16.4 Å². The quantitative estimate of drug-likeness (QED) is 0.627. The fraction of sp³-hybridized carbons (Fsp3) is 0.0714. The molecular formula is C14H11ClF2N4. The number of rotatable bonds is 1. The summed E-state index contributed by atoms with van der Waals surface area (Å²) in [5.41, 5.74) is 13.7. The third-order valence-electron chi connectivity index (χ3n) is 3.28. The van der Waals surface area contributed by atoms with Crippen molar-refractivity contribution >= 4 is 35.0 Å². The first-order chi connectivity index (χ1) is 9.99. The van der Waals surface area contributed by atoms with E-state index in [9.17, 15) is 8.78 Å². The van der Waals surface area contributed by atoms with Crippen LogP contribution >= 0.6 is 11.6 Å². The van der Waals surface area contributed by atoms with Crippen molar-refractivity contribution in [1.29, 1.82) is 0 Å². The average molecular weight is 309 g/mol. The van der Waals surface area contributed by atoms with Crippen molar-refractivity contribution in [2.24, 2.45) is 10.7 Å². The summed E-state index contributed by atoms with van der Waals surface area (Å²) in [6.07, 6.45) is 0.688. The van der Waals surface area contributed by atoms with Crippen LogP contribution in [0.5, 0.6) is 0 Å². The fourth-order valence-corrected chi connectivity index (χ4v) is 2.36. The minimum atomic E-state index is -0.883. The molecule has 0 saturated heterocycles. The second-order valence-corrected chi connectivity index (χ2v) is 4.99. The zero-order valence-electron chi connectivity index (χ0n) is 10.7. The molecule has 0 fully saturated rings. The number of benzene rings is 2. The Labute approximate surface area is 124 Å². The first-order valence-electron chi connectivity index (χ1n) is 6.10. The van der Waals surface area contributed by atoms with E-state index >= 15 is 0 Å². The maximum atomic E-state index is 14.1. The maximum absolute atomic E-state index is 14.1. The lowest BCUT2D eigenvalue weighted by molar-refractivity contribution is 0.579.